The summed E-state index contributed by atoms with van der Waals surface area (Å²) in [6, 6.07) is 15.3. The SMILES string of the molecule is O=C(OCCOCCOC(=O)c1cc(=O)c2ccccc2o1)c1cc(=O)c2ccccc2o1. The molecule has 9 nitrogen and oxygen atoms in total. The first-order valence-corrected chi connectivity index (χ1v) is 10.0. The van der Waals surface area contributed by atoms with Crippen LogP contribution in [0.3, 0.4) is 0 Å². The van der Waals surface area contributed by atoms with E-state index in [-0.39, 0.29) is 60.0 Å². The van der Waals surface area contributed by atoms with E-state index in [1.54, 1.807) is 48.5 Å². The second-order valence-corrected chi connectivity index (χ2v) is 6.83. The van der Waals surface area contributed by atoms with E-state index in [4.69, 9.17) is 23.0 Å². The van der Waals surface area contributed by atoms with Gasteiger partial charge in [-0.2, -0.15) is 0 Å². The Morgan fingerprint density at radius 3 is 1.52 bits per heavy atom. The maximum atomic E-state index is 12.1. The molecule has 0 aliphatic carbocycles. The first-order chi connectivity index (χ1) is 16.0. The predicted octanol–water partition coefficient (Wildman–Crippen LogP) is 2.93. The lowest BCUT2D eigenvalue weighted by molar-refractivity contribution is 0.0124. The Hall–Kier alpha value is -4.24. The molecule has 4 rings (SSSR count). The minimum absolute atomic E-state index is 0.0339. The number of para-hydroxylation sites is 2. The zero-order valence-electron chi connectivity index (χ0n) is 17.3. The first-order valence-electron chi connectivity index (χ1n) is 10.0. The summed E-state index contributed by atoms with van der Waals surface area (Å²) in [7, 11) is 0. The van der Waals surface area contributed by atoms with Crippen LogP contribution in [0.2, 0.25) is 0 Å². The van der Waals surface area contributed by atoms with Crippen molar-refractivity contribution < 1.29 is 32.6 Å². The van der Waals surface area contributed by atoms with E-state index in [0.717, 1.165) is 12.1 Å². The van der Waals surface area contributed by atoms with Crippen LogP contribution in [0.5, 0.6) is 0 Å². The van der Waals surface area contributed by atoms with Gasteiger partial charge in [0.15, 0.2) is 10.9 Å². The van der Waals surface area contributed by atoms with Crippen LogP contribution in [0.15, 0.2) is 79.1 Å². The zero-order chi connectivity index (χ0) is 23.2. The number of carbonyl (C=O) groups is 2. The molecule has 9 heteroatoms. The molecule has 0 bridgehead atoms. The highest BCUT2D eigenvalue weighted by Gasteiger charge is 2.15. The van der Waals surface area contributed by atoms with Gasteiger partial charge in [-0.3, -0.25) is 9.59 Å². The monoisotopic (exact) mass is 450 g/mol. The van der Waals surface area contributed by atoms with Crippen LogP contribution in [0.25, 0.3) is 21.9 Å². The van der Waals surface area contributed by atoms with Gasteiger partial charge in [-0.1, -0.05) is 24.3 Å². The van der Waals surface area contributed by atoms with Crippen molar-refractivity contribution in [2.45, 2.75) is 0 Å². The molecule has 0 fully saturated rings. The Bertz CT molecular complexity index is 1320. The van der Waals surface area contributed by atoms with E-state index < -0.39 is 11.9 Å². The molecule has 0 radical (unpaired) electrons. The quantitative estimate of drug-likeness (QED) is 0.294. The van der Waals surface area contributed by atoms with E-state index >= 15 is 0 Å². The molecule has 0 atom stereocenters. The molecular formula is C24H18O9. The highest BCUT2D eigenvalue weighted by atomic mass is 16.6. The van der Waals surface area contributed by atoms with E-state index in [9.17, 15) is 19.2 Å². The topological polar surface area (TPSA) is 122 Å². The molecule has 0 spiro atoms. The number of carbonyl (C=O) groups excluding carboxylic acids is 2. The van der Waals surface area contributed by atoms with Crippen molar-refractivity contribution in [2.75, 3.05) is 26.4 Å². The normalized spacial score (nSPS) is 10.9. The van der Waals surface area contributed by atoms with Crippen molar-refractivity contribution in [3.63, 3.8) is 0 Å². The lowest BCUT2D eigenvalue weighted by atomic mass is 10.2. The van der Waals surface area contributed by atoms with Gasteiger partial charge >= 0.3 is 11.9 Å². The van der Waals surface area contributed by atoms with E-state index in [1.165, 1.54) is 0 Å². The fourth-order valence-electron chi connectivity index (χ4n) is 3.04. The Morgan fingerprint density at radius 1 is 0.636 bits per heavy atom. The van der Waals surface area contributed by atoms with Crippen molar-refractivity contribution in [3.8, 4) is 0 Å². The van der Waals surface area contributed by atoms with Crippen LogP contribution in [0.1, 0.15) is 21.1 Å². The van der Waals surface area contributed by atoms with Gasteiger partial charge in [0.05, 0.1) is 24.0 Å². The number of benzene rings is 2. The van der Waals surface area contributed by atoms with E-state index in [0.29, 0.717) is 10.8 Å². The number of ether oxygens (including phenoxy) is 3. The number of hydrogen-bond donors (Lipinski definition) is 0. The number of esters is 2. The van der Waals surface area contributed by atoms with Crippen molar-refractivity contribution in [2.24, 2.45) is 0 Å². The average Bonchev–Trinajstić information content (AvgIpc) is 2.83. The van der Waals surface area contributed by atoms with Crippen molar-refractivity contribution >= 4 is 33.9 Å². The number of fused-ring (bicyclic) bond motifs is 2. The third-order valence-corrected chi connectivity index (χ3v) is 4.59. The fourth-order valence-corrected chi connectivity index (χ4v) is 3.04. The second-order valence-electron chi connectivity index (χ2n) is 6.83. The van der Waals surface area contributed by atoms with Crippen molar-refractivity contribution in [3.05, 3.63) is 92.6 Å². The zero-order valence-corrected chi connectivity index (χ0v) is 17.3. The summed E-state index contributed by atoms with van der Waals surface area (Å²) in [5.41, 5.74) is -0.109. The fraction of sp³-hybridized carbons (Fsp3) is 0.167. The molecule has 168 valence electrons. The lowest BCUT2D eigenvalue weighted by Crippen LogP contribution is -2.16. The molecule has 0 unspecified atom stereocenters. The molecule has 0 aliphatic rings. The summed E-state index contributed by atoms with van der Waals surface area (Å²) in [6.07, 6.45) is 0. The maximum absolute atomic E-state index is 12.1. The highest BCUT2D eigenvalue weighted by molar-refractivity contribution is 5.89. The molecule has 0 saturated carbocycles. The number of rotatable bonds is 8. The average molecular weight is 450 g/mol. The molecule has 2 aromatic carbocycles. The van der Waals surface area contributed by atoms with Gasteiger partial charge in [0.1, 0.15) is 24.4 Å². The Labute approximate surface area is 186 Å². The molecule has 33 heavy (non-hydrogen) atoms. The molecule has 0 aliphatic heterocycles. The highest BCUT2D eigenvalue weighted by Crippen LogP contribution is 2.13. The summed E-state index contributed by atoms with van der Waals surface area (Å²) in [5.74, 6) is -1.99. The van der Waals surface area contributed by atoms with Crippen LogP contribution < -0.4 is 10.9 Å². The second kappa shape index (κ2) is 9.92. The van der Waals surface area contributed by atoms with Crippen molar-refractivity contribution in [1.29, 1.82) is 0 Å². The lowest BCUT2D eigenvalue weighted by Gasteiger charge is -2.07. The van der Waals surface area contributed by atoms with Crippen molar-refractivity contribution in [1.82, 2.24) is 0 Å². The van der Waals surface area contributed by atoms with Crippen LogP contribution >= 0.6 is 0 Å². The Morgan fingerprint density at radius 2 is 1.06 bits per heavy atom. The van der Waals surface area contributed by atoms with E-state index in [2.05, 4.69) is 0 Å². The van der Waals surface area contributed by atoms with E-state index in [1.807, 2.05) is 0 Å². The van der Waals surface area contributed by atoms with Gasteiger partial charge in [-0.15, -0.1) is 0 Å². The Kier molecular flexibility index (Phi) is 6.61. The third-order valence-electron chi connectivity index (χ3n) is 4.59. The third kappa shape index (κ3) is 5.16. The molecule has 0 amide bonds. The van der Waals surface area contributed by atoms with Gasteiger partial charge in [0.2, 0.25) is 11.5 Å². The molecule has 2 aromatic heterocycles. The molecule has 2 heterocycles. The maximum Gasteiger partial charge on any atom is 0.374 e. The van der Waals surface area contributed by atoms with Gasteiger partial charge in [-0.25, -0.2) is 9.59 Å². The summed E-state index contributed by atoms with van der Waals surface area (Å²) in [6.45, 7) is -0.121. The van der Waals surface area contributed by atoms with Crippen LogP contribution in [0, 0.1) is 0 Å². The van der Waals surface area contributed by atoms with Crippen LogP contribution in [-0.4, -0.2) is 38.4 Å². The molecule has 4 aromatic rings. The van der Waals surface area contributed by atoms with Gasteiger partial charge < -0.3 is 23.0 Å². The largest absolute Gasteiger partial charge is 0.457 e. The summed E-state index contributed by atoms with van der Waals surface area (Å²) in [4.78, 5) is 48.2. The van der Waals surface area contributed by atoms with Crippen LogP contribution in [0.4, 0.5) is 0 Å². The van der Waals surface area contributed by atoms with Gasteiger partial charge in [-0.05, 0) is 24.3 Å². The predicted molar refractivity (Wildman–Crippen MR) is 116 cm³/mol. The smallest absolute Gasteiger partial charge is 0.374 e. The van der Waals surface area contributed by atoms with Gasteiger partial charge in [0.25, 0.3) is 0 Å². The minimum Gasteiger partial charge on any atom is -0.457 e. The van der Waals surface area contributed by atoms with Gasteiger partial charge in [0, 0.05) is 12.1 Å². The first kappa shape index (κ1) is 22.0. The minimum atomic E-state index is -0.792. The Balaban J connectivity index is 1.20. The molecular weight excluding hydrogens is 432 g/mol. The standard InChI is InChI=1S/C24H18O9/c25-17-13-21(32-19-7-3-1-5-15(17)19)23(27)30-11-9-29-10-12-31-24(28)22-14-18(26)16-6-2-4-8-20(16)33-22/h1-8,13-14H,9-12H2. The molecule has 0 N–H and O–H groups in total. The molecule has 0 saturated heterocycles. The summed E-state index contributed by atoms with van der Waals surface area (Å²) < 4.78 is 26.1. The summed E-state index contributed by atoms with van der Waals surface area (Å²) >= 11 is 0. The van der Waals surface area contributed by atoms with Crippen LogP contribution in [-0.2, 0) is 14.2 Å². The number of hydrogen-bond acceptors (Lipinski definition) is 9. The summed E-state index contributed by atoms with van der Waals surface area (Å²) in [5, 5.41) is 0.741.